The molecule has 1 aromatic heterocycles. The molecule has 0 aliphatic carbocycles. The Labute approximate surface area is 107 Å². The van der Waals surface area contributed by atoms with Crippen LogP contribution in [0.15, 0.2) is 15.9 Å². The van der Waals surface area contributed by atoms with Crippen molar-refractivity contribution in [3.05, 3.63) is 20.8 Å². The number of hydrogen-bond acceptors (Lipinski definition) is 1. The van der Waals surface area contributed by atoms with Crippen LogP contribution in [0, 0.1) is 5.41 Å². The molecule has 14 heavy (non-hydrogen) atoms. The predicted octanol–water partition coefficient (Wildman–Crippen LogP) is 5.25. The van der Waals surface area contributed by atoms with Gasteiger partial charge in [0.1, 0.15) is 0 Å². The molecule has 0 N–H and O–H groups in total. The van der Waals surface area contributed by atoms with Gasteiger partial charge >= 0.3 is 0 Å². The fourth-order valence-electron chi connectivity index (χ4n) is 1.19. The van der Waals surface area contributed by atoms with Crippen molar-refractivity contribution in [2.45, 2.75) is 38.4 Å². The Kier molecular flexibility index (Phi) is 4.66. The van der Waals surface area contributed by atoms with Gasteiger partial charge < -0.3 is 0 Å². The molecule has 0 bridgehead atoms. The van der Waals surface area contributed by atoms with Crippen molar-refractivity contribution >= 4 is 43.2 Å². The van der Waals surface area contributed by atoms with E-state index in [4.69, 9.17) is 0 Å². The Hall–Kier alpha value is 0.660. The summed E-state index contributed by atoms with van der Waals surface area (Å²) in [4.78, 5) is 2.04. The van der Waals surface area contributed by atoms with Gasteiger partial charge in [0.15, 0.2) is 0 Å². The lowest BCUT2D eigenvalue weighted by Gasteiger charge is -2.25. The lowest BCUT2D eigenvalue weighted by molar-refractivity contribution is 0.386. The molecule has 0 aliphatic rings. The number of aryl methyl sites for hydroxylation is 1. The summed E-state index contributed by atoms with van der Waals surface area (Å²) in [6, 6.07) is 2.13. The first-order valence-electron chi connectivity index (χ1n) is 4.77. The van der Waals surface area contributed by atoms with Gasteiger partial charge in [-0.2, -0.15) is 0 Å². The lowest BCUT2D eigenvalue weighted by Crippen LogP contribution is -2.20. The first-order chi connectivity index (χ1) is 6.41. The van der Waals surface area contributed by atoms with E-state index < -0.39 is 0 Å². The fourth-order valence-corrected chi connectivity index (χ4v) is 2.99. The van der Waals surface area contributed by atoms with Crippen molar-refractivity contribution in [3.8, 4) is 0 Å². The molecule has 0 aromatic carbocycles. The van der Waals surface area contributed by atoms with E-state index in [0.717, 1.165) is 6.42 Å². The van der Waals surface area contributed by atoms with Gasteiger partial charge in [-0.05, 0) is 45.6 Å². The zero-order valence-corrected chi connectivity index (χ0v) is 12.8. The minimum Gasteiger partial charge on any atom is -0.148 e. The van der Waals surface area contributed by atoms with Crippen LogP contribution in [0.3, 0.4) is 0 Å². The Morgan fingerprint density at radius 3 is 2.50 bits per heavy atom. The van der Waals surface area contributed by atoms with E-state index in [9.17, 15) is 0 Å². The zero-order chi connectivity index (χ0) is 10.8. The maximum Gasteiger partial charge on any atom is 0.0314 e. The Balaban J connectivity index is 2.46. The third-order valence-corrected chi connectivity index (χ3v) is 6.07. The van der Waals surface area contributed by atoms with Crippen molar-refractivity contribution in [1.82, 2.24) is 0 Å². The maximum atomic E-state index is 3.76. The van der Waals surface area contributed by atoms with Crippen molar-refractivity contribution in [2.24, 2.45) is 5.41 Å². The van der Waals surface area contributed by atoms with Crippen molar-refractivity contribution in [3.63, 3.8) is 0 Å². The quantitative estimate of drug-likeness (QED) is 0.659. The highest BCUT2D eigenvalue weighted by Gasteiger charge is 2.21. The van der Waals surface area contributed by atoms with Crippen LogP contribution >= 0.6 is 43.2 Å². The molecule has 0 amide bonds. The van der Waals surface area contributed by atoms with Gasteiger partial charge in [0.25, 0.3) is 0 Å². The van der Waals surface area contributed by atoms with E-state index in [1.807, 2.05) is 11.3 Å². The van der Waals surface area contributed by atoms with Crippen molar-refractivity contribution < 1.29 is 0 Å². The molecule has 1 aromatic rings. The molecule has 80 valence electrons. The minimum atomic E-state index is 0.351. The van der Waals surface area contributed by atoms with Crippen LogP contribution in [0.4, 0.5) is 0 Å². The summed E-state index contributed by atoms with van der Waals surface area (Å²) >= 11 is 9.15. The number of alkyl halides is 1. The second-order valence-electron chi connectivity index (χ2n) is 4.56. The summed E-state index contributed by atoms with van der Waals surface area (Å²) in [5.41, 5.74) is 0.351. The molecular formula is C11H16Br2S. The average molecular weight is 340 g/mol. The molecule has 0 radical (unpaired) electrons. The highest BCUT2D eigenvalue weighted by atomic mass is 79.9. The van der Waals surface area contributed by atoms with E-state index in [1.54, 1.807) is 0 Å². The van der Waals surface area contributed by atoms with Crippen LogP contribution in [0.25, 0.3) is 0 Å². The van der Waals surface area contributed by atoms with Gasteiger partial charge in [-0.25, -0.2) is 0 Å². The van der Waals surface area contributed by atoms with Gasteiger partial charge in [-0.1, -0.05) is 36.7 Å². The number of halogens is 2. The van der Waals surface area contributed by atoms with Crippen LogP contribution in [-0.4, -0.2) is 4.83 Å². The van der Waals surface area contributed by atoms with Crippen LogP contribution in [0.5, 0.6) is 0 Å². The highest BCUT2D eigenvalue weighted by Crippen LogP contribution is 2.32. The summed E-state index contributed by atoms with van der Waals surface area (Å²) in [7, 11) is 0. The zero-order valence-electron chi connectivity index (χ0n) is 8.81. The second-order valence-corrected chi connectivity index (χ2v) is 7.52. The molecule has 1 unspecified atom stereocenters. The monoisotopic (exact) mass is 338 g/mol. The molecule has 1 heterocycles. The van der Waals surface area contributed by atoms with Gasteiger partial charge in [-0.15, -0.1) is 11.3 Å². The average Bonchev–Trinajstić information content (AvgIpc) is 2.45. The van der Waals surface area contributed by atoms with Crippen LogP contribution in [0.2, 0.25) is 0 Å². The normalized spacial score (nSPS) is 14.4. The summed E-state index contributed by atoms with van der Waals surface area (Å²) in [6.07, 6.45) is 2.36. The summed E-state index contributed by atoms with van der Waals surface area (Å²) < 4.78 is 1.26. The fraction of sp³-hybridized carbons (Fsp3) is 0.636. The van der Waals surface area contributed by atoms with Crippen molar-refractivity contribution in [1.29, 1.82) is 0 Å². The van der Waals surface area contributed by atoms with E-state index in [2.05, 4.69) is 64.1 Å². The molecule has 0 saturated heterocycles. The molecule has 1 atom stereocenters. The van der Waals surface area contributed by atoms with Crippen LogP contribution in [-0.2, 0) is 6.42 Å². The SMILES string of the molecule is CC(C)(C)C(Br)CCc1sccc1Br. The summed E-state index contributed by atoms with van der Waals surface area (Å²) in [5, 5.41) is 2.14. The van der Waals surface area contributed by atoms with Crippen LogP contribution in [0.1, 0.15) is 32.1 Å². The molecular weight excluding hydrogens is 324 g/mol. The van der Waals surface area contributed by atoms with Gasteiger partial charge in [0.05, 0.1) is 0 Å². The number of hydrogen-bond donors (Lipinski definition) is 0. The molecule has 3 heteroatoms. The summed E-state index contributed by atoms with van der Waals surface area (Å²) in [6.45, 7) is 6.82. The van der Waals surface area contributed by atoms with E-state index in [1.165, 1.54) is 15.8 Å². The largest absolute Gasteiger partial charge is 0.148 e. The lowest BCUT2D eigenvalue weighted by atomic mass is 9.89. The predicted molar refractivity (Wildman–Crippen MR) is 72.5 cm³/mol. The van der Waals surface area contributed by atoms with Gasteiger partial charge in [0.2, 0.25) is 0 Å². The molecule has 0 fully saturated rings. The molecule has 0 nitrogen and oxygen atoms in total. The van der Waals surface area contributed by atoms with E-state index in [0.29, 0.717) is 10.2 Å². The van der Waals surface area contributed by atoms with Crippen LogP contribution < -0.4 is 0 Å². The molecule has 1 rings (SSSR count). The highest BCUT2D eigenvalue weighted by molar-refractivity contribution is 9.10. The first-order valence-corrected chi connectivity index (χ1v) is 7.36. The maximum absolute atomic E-state index is 3.76. The minimum absolute atomic E-state index is 0.351. The van der Waals surface area contributed by atoms with E-state index in [-0.39, 0.29) is 0 Å². The second kappa shape index (κ2) is 5.13. The molecule has 0 aliphatic heterocycles. The number of thiophene rings is 1. The molecule has 0 spiro atoms. The third kappa shape index (κ3) is 3.67. The molecule has 0 saturated carbocycles. The van der Waals surface area contributed by atoms with Gasteiger partial charge in [0, 0.05) is 14.2 Å². The Morgan fingerprint density at radius 2 is 2.07 bits per heavy atom. The standard InChI is InChI=1S/C11H16Br2S/c1-11(2,3)10(13)5-4-9-8(12)6-7-14-9/h6-7,10H,4-5H2,1-3H3. The topological polar surface area (TPSA) is 0 Å². The Bertz CT molecular complexity index is 286. The first kappa shape index (κ1) is 12.7. The summed E-state index contributed by atoms with van der Waals surface area (Å²) in [5.74, 6) is 0. The van der Waals surface area contributed by atoms with Crippen molar-refractivity contribution in [2.75, 3.05) is 0 Å². The smallest absolute Gasteiger partial charge is 0.0314 e. The Morgan fingerprint density at radius 1 is 1.43 bits per heavy atom. The third-order valence-electron chi connectivity index (χ3n) is 2.26. The van der Waals surface area contributed by atoms with Gasteiger partial charge in [-0.3, -0.25) is 0 Å². The number of rotatable bonds is 3. The van der Waals surface area contributed by atoms with E-state index >= 15 is 0 Å².